The third-order valence-corrected chi connectivity index (χ3v) is 6.25. The number of hydrogen-bond donors (Lipinski definition) is 1. The molecule has 29 heavy (non-hydrogen) atoms. The minimum atomic E-state index is -0.0916. The molecule has 2 aromatic heterocycles. The highest BCUT2D eigenvalue weighted by Crippen LogP contribution is 2.34. The van der Waals surface area contributed by atoms with Crippen molar-refractivity contribution in [2.45, 2.75) is 56.5 Å². The molecule has 6 heteroatoms. The van der Waals surface area contributed by atoms with E-state index in [0.717, 1.165) is 29.2 Å². The van der Waals surface area contributed by atoms with Gasteiger partial charge in [-0.05, 0) is 37.6 Å². The lowest BCUT2D eigenvalue weighted by Gasteiger charge is -2.13. The fourth-order valence-corrected chi connectivity index (χ4v) is 4.57. The number of H-pyrrole nitrogens is 1. The van der Waals surface area contributed by atoms with Crippen LogP contribution in [0.1, 0.15) is 50.6 Å². The largest absolute Gasteiger partial charge is 0.319 e. The molecule has 4 rings (SSSR count). The van der Waals surface area contributed by atoms with Crippen molar-refractivity contribution in [3.63, 3.8) is 0 Å². The molecule has 0 saturated heterocycles. The van der Waals surface area contributed by atoms with E-state index in [1.807, 2.05) is 24.3 Å². The summed E-state index contributed by atoms with van der Waals surface area (Å²) in [5, 5.41) is 1.58. The molecular weight excluding hydrogens is 380 g/mol. The Hall–Kier alpha value is -2.60. The highest BCUT2D eigenvalue weighted by atomic mass is 32.2. The fourth-order valence-electron chi connectivity index (χ4n) is 3.57. The zero-order valence-electron chi connectivity index (χ0n) is 16.9. The van der Waals surface area contributed by atoms with Gasteiger partial charge in [0.1, 0.15) is 5.82 Å². The Morgan fingerprint density at radius 3 is 2.59 bits per heavy atom. The van der Waals surface area contributed by atoms with Crippen LogP contribution >= 0.6 is 11.8 Å². The molecule has 5 nitrogen and oxygen atoms in total. The first-order chi connectivity index (χ1) is 14.2. The number of unbranched alkanes of at least 4 members (excludes halogenated alkanes) is 3. The summed E-state index contributed by atoms with van der Waals surface area (Å²) in [5.74, 6) is 0.684. The van der Waals surface area contributed by atoms with Crippen LogP contribution in [0.4, 0.5) is 0 Å². The first-order valence-corrected chi connectivity index (χ1v) is 11.2. The summed E-state index contributed by atoms with van der Waals surface area (Å²) in [5.41, 5.74) is 2.81. The van der Waals surface area contributed by atoms with Crippen molar-refractivity contribution in [1.82, 2.24) is 19.5 Å². The molecule has 150 valence electrons. The lowest BCUT2D eigenvalue weighted by atomic mass is 10.2. The Balaban J connectivity index is 1.64. The van der Waals surface area contributed by atoms with Crippen LogP contribution < -0.4 is 5.56 Å². The van der Waals surface area contributed by atoms with Gasteiger partial charge in [-0.2, -0.15) is 0 Å². The number of hydrogen-bond acceptors (Lipinski definition) is 4. The number of aromatic nitrogens is 4. The molecule has 0 aliphatic carbocycles. The smallest absolute Gasteiger partial charge is 0.258 e. The van der Waals surface area contributed by atoms with E-state index in [4.69, 9.17) is 4.98 Å². The monoisotopic (exact) mass is 406 g/mol. The quantitative estimate of drug-likeness (QED) is 0.301. The molecule has 4 aromatic rings. The Morgan fingerprint density at radius 2 is 1.76 bits per heavy atom. The Labute approximate surface area is 174 Å². The maximum absolute atomic E-state index is 12.4. The number of fused-ring (bicyclic) bond motifs is 2. The van der Waals surface area contributed by atoms with E-state index in [-0.39, 0.29) is 10.8 Å². The topological polar surface area (TPSA) is 63.6 Å². The van der Waals surface area contributed by atoms with Gasteiger partial charge in [-0.15, -0.1) is 0 Å². The maximum Gasteiger partial charge on any atom is 0.258 e. The molecule has 1 N–H and O–H groups in total. The number of benzene rings is 2. The van der Waals surface area contributed by atoms with Crippen LogP contribution in [0.15, 0.2) is 58.5 Å². The van der Waals surface area contributed by atoms with E-state index < -0.39 is 0 Å². The van der Waals surface area contributed by atoms with Gasteiger partial charge < -0.3 is 9.55 Å². The Bertz CT molecular complexity index is 1180. The highest BCUT2D eigenvalue weighted by Gasteiger charge is 2.18. The van der Waals surface area contributed by atoms with Crippen molar-refractivity contribution < 1.29 is 0 Å². The van der Waals surface area contributed by atoms with E-state index in [9.17, 15) is 4.79 Å². The number of aromatic amines is 1. The van der Waals surface area contributed by atoms with Gasteiger partial charge in [-0.25, -0.2) is 9.97 Å². The Morgan fingerprint density at radius 1 is 1.00 bits per heavy atom. The van der Waals surface area contributed by atoms with Crippen LogP contribution in [0.25, 0.3) is 21.9 Å². The summed E-state index contributed by atoms with van der Waals surface area (Å²) in [4.78, 5) is 25.0. The molecule has 1 atom stereocenters. The van der Waals surface area contributed by atoms with Gasteiger partial charge in [0.25, 0.3) is 5.56 Å². The first-order valence-electron chi connectivity index (χ1n) is 10.3. The van der Waals surface area contributed by atoms with Gasteiger partial charge in [0.15, 0.2) is 5.16 Å². The average molecular weight is 407 g/mol. The minimum Gasteiger partial charge on any atom is -0.319 e. The molecule has 0 radical (unpaired) electrons. The summed E-state index contributed by atoms with van der Waals surface area (Å²) in [6, 6.07) is 15.7. The second-order valence-electron chi connectivity index (χ2n) is 7.32. The molecule has 0 aliphatic heterocycles. The summed E-state index contributed by atoms with van der Waals surface area (Å²) in [6.07, 6.45) is 4.85. The van der Waals surface area contributed by atoms with Gasteiger partial charge in [0.05, 0.1) is 27.2 Å². The third kappa shape index (κ3) is 4.22. The zero-order valence-corrected chi connectivity index (χ0v) is 17.7. The second-order valence-corrected chi connectivity index (χ2v) is 8.63. The highest BCUT2D eigenvalue weighted by molar-refractivity contribution is 7.99. The second kappa shape index (κ2) is 8.82. The molecule has 0 fully saturated rings. The molecule has 2 aromatic carbocycles. The molecule has 0 aliphatic rings. The molecule has 0 bridgehead atoms. The van der Waals surface area contributed by atoms with Gasteiger partial charge >= 0.3 is 0 Å². The van der Waals surface area contributed by atoms with Crippen LogP contribution in [-0.2, 0) is 6.54 Å². The van der Waals surface area contributed by atoms with Crippen molar-refractivity contribution >= 4 is 33.7 Å². The van der Waals surface area contributed by atoms with Crippen LogP contribution in [-0.4, -0.2) is 19.5 Å². The maximum atomic E-state index is 12.4. The number of aryl methyl sites for hydroxylation is 1. The molecule has 0 unspecified atom stereocenters. The van der Waals surface area contributed by atoms with Gasteiger partial charge in [-0.3, -0.25) is 4.79 Å². The molecule has 2 heterocycles. The van der Waals surface area contributed by atoms with E-state index in [1.54, 1.807) is 17.8 Å². The van der Waals surface area contributed by atoms with E-state index in [2.05, 4.69) is 46.6 Å². The van der Waals surface area contributed by atoms with Crippen LogP contribution in [0.2, 0.25) is 0 Å². The first kappa shape index (κ1) is 19.7. The van der Waals surface area contributed by atoms with Crippen molar-refractivity contribution in [1.29, 1.82) is 0 Å². The normalized spacial score (nSPS) is 12.6. The summed E-state index contributed by atoms with van der Waals surface area (Å²) < 4.78 is 2.31. The summed E-state index contributed by atoms with van der Waals surface area (Å²) in [7, 11) is 0. The molecule has 0 amide bonds. The lowest BCUT2D eigenvalue weighted by Crippen LogP contribution is -2.13. The summed E-state index contributed by atoms with van der Waals surface area (Å²) >= 11 is 1.65. The predicted octanol–water partition coefficient (Wildman–Crippen LogP) is 5.71. The minimum absolute atomic E-state index is 0.0153. The zero-order chi connectivity index (χ0) is 20.2. The fraction of sp³-hybridized carbons (Fsp3) is 0.348. The lowest BCUT2D eigenvalue weighted by molar-refractivity contribution is 0.563. The van der Waals surface area contributed by atoms with Gasteiger partial charge in [0, 0.05) is 6.54 Å². The number of nitrogens with zero attached hydrogens (tertiary/aromatic N) is 3. The Kier molecular flexibility index (Phi) is 6.00. The SMILES string of the molecule is CCCCCCn1c(S[C@H](C)c2nc3ccccc3c(=O)[nH]2)nc2ccccc21. The van der Waals surface area contributed by atoms with Gasteiger partial charge in [0.2, 0.25) is 0 Å². The van der Waals surface area contributed by atoms with E-state index >= 15 is 0 Å². The van der Waals surface area contributed by atoms with E-state index in [1.165, 1.54) is 24.8 Å². The van der Waals surface area contributed by atoms with Crippen LogP contribution in [0, 0.1) is 0 Å². The number of para-hydroxylation sites is 3. The summed E-state index contributed by atoms with van der Waals surface area (Å²) in [6.45, 7) is 5.25. The standard InChI is InChI=1S/C23H26N4OS/c1-3-4-5-10-15-27-20-14-9-8-13-19(20)25-23(27)29-16(2)21-24-18-12-7-6-11-17(18)22(28)26-21/h6-9,11-14,16H,3-5,10,15H2,1-2H3,(H,24,26,28)/t16-/m1/s1. The number of imidazole rings is 1. The van der Waals surface area contributed by atoms with Crippen molar-refractivity contribution in [2.75, 3.05) is 0 Å². The van der Waals surface area contributed by atoms with Crippen molar-refractivity contribution in [3.8, 4) is 0 Å². The van der Waals surface area contributed by atoms with Gasteiger partial charge in [-0.1, -0.05) is 62.2 Å². The predicted molar refractivity (Wildman–Crippen MR) is 121 cm³/mol. The average Bonchev–Trinajstić information content (AvgIpc) is 3.08. The number of nitrogens with one attached hydrogen (secondary N) is 1. The molecule has 0 spiro atoms. The molecular formula is C23H26N4OS. The van der Waals surface area contributed by atoms with Crippen LogP contribution in [0.5, 0.6) is 0 Å². The van der Waals surface area contributed by atoms with E-state index in [0.29, 0.717) is 11.2 Å². The van der Waals surface area contributed by atoms with Crippen molar-refractivity contribution in [2.24, 2.45) is 0 Å². The molecule has 0 saturated carbocycles. The van der Waals surface area contributed by atoms with Crippen molar-refractivity contribution in [3.05, 3.63) is 64.7 Å². The third-order valence-electron chi connectivity index (χ3n) is 5.15. The number of rotatable bonds is 8. The number of thioether (sulfide) groups is 1. The van der Waals surface area contributed by atoms with Crippen LogP contribution in [0.3, 0.4) is 0 Å².